The van der Waals surface area contributed by atoms with E-state index in [2.05, 4.69) is 0 Å². The van der Waals surface area contributed by atoms with Gasteiger partial charge in [0.2, 0.25) is 0 Å². The predicted octanol–water partition coefficient (Wildman–Crippen LogP) is 1.43. The van der Waals surface area contributed by atoms with Gasteiger partial charge in [-0.25, -0.2) is 0 Å². The van der Waals surface area contributed by atoms with Crippen LogP contribution in [0, 0.1) is 5.92 Å². The van der Waals surface area contributed by atoms with Gasteiger partial charge >= 0.3 is 5.97 Å². The number of likely N-dealkylation sites (tertiary alicyclic amines) is 1. The fourth-order valence-electron chi connectivity index (χ4n) is 2.47. The van der Waals surface area contributed by atoms with Gasteiger partial charge in [-0.3, -0.25) is 9.59 Å². The van der Waals surface area contributed by atoms with Crippen LogP contribution in [0.4, 0.5) is 0 Å². The van der Waals surface area contributed by atoms with E-state index < -0.39 is 0 Å². The lowest BCUT2D eigenvalue weighted by Crippen LogP contribution is -2.40. The van der Waals surface area contributed by atoms with Crippen LogP contribution in [0.15, 0.2) is 18.2 Å². The van der Waals surface area contributed by atoms with E-state index >= 15 is 0 Å². The maximum Gasteiger partial charge on any atom is 0.308 e. The highest BCUT2D eigenvalue weighted by atomic mass is 16.5. The molecular formula is C15H19NO5. The van der Waals surface area contributed by atoms with Crippen molar-refractivity contribution in [1.82, 2.24) is 4.90 Å². The second kappa shape index (κ2) is 6.47. The third kappa shape index (κ3) is 3.26. The molecule has 1 heterocycles. The number of amides is 1. The number of hydrogen-bond acceptors (Lipinski definition) is 5. The van der Waals surface area contributed by atoms with Gasteiger partial charge in [0.25, 0.3) is 5.91 Å². The van der Waals surface area contributed by atoms with Crippen LogP contribution < -0.4 is 4.74 Å². The van der Waals surface area contributed by atoms with Crippen LogP contribution in [0.2, 0.25) is 0 Å². The molecule has 0 bridgehead atoms. The Morgan fingerprint density at radius 1 is 1.24 bits per heavy atom. The predicted molar refractivity (Wildman–Crippen MR) is 75.3 cm³/mol. The summed E-state index contributed by atoms with van der Waals surface area (Å²) in [5.41, 5.74) is 0.243. The minimum atomic E-state index is -0.238. The lowest BCUT2D eigenvalue weighted by molar-refractivity contribution is -0.146. The quantitative estimate of drug-likeness (QED) is 0.853. The number of phenolic OH excluding ortho intramolecular Hbond substituents is 1. The zero-order chi connectivity index (χ0) is 15.4. The Kier molecular flexibility index (Phi) is 4.67. The standard InChI is InChI=1S/C15H19NO5/c1-20-11-3-4-12(13(17)9-11)14(18)16-7-5-10(6-8-16)15(19)21-2/h3-4,9-10,17H,5-8H2,1-2H3. The van der Waals surface area contributed by atoms with Crippen LogP contribution in [-0.4, -0.2) is 49.2 Å². The average molecular weight is 293 g/mol. The van der Waals surface area contributed by atoms with Gasteiger partial charge in [-0.2, -0.15) is 0 Å². The van der Waals surface area contributed by atoms with Crippen LogP contribution in [0.3, 0.4) is 0 Å². The summed E-state index contributed by atoms with van der Waals surface area (Å²) in [4.78, 5) is 25.5. The Labute approximate surface area is 123 Å². The number of piperidine rings is 1. The largest absolute Gasteiger partial charge is 0.507 e. The van der Waals surface area contributed by atoms with E-state index in [9.17, 15) is 14.7 Å². The molecule has 114 valence electrons. The van der Waals surface area contributed by atoms with Crippen molar-refractivity contribution in [1.29, 1.82) is 0 Å². The number of esters is 1. The van der Waals surface area contributed by atoms with Gasteiger partial charge in [-0.1, -0.05) is 0 Å². The van der Waals surface area contributed by atoms with Crippen LogP contribution in [0.25, 0.3) is 0 Å². The Morgan fingerprint density at radius 3 is 2.43 bits per heavy atom. The topological polar surface area (TPSA) is 76.1 Å². The number of phenols is 1. The van der Waals surface area contributed by atoms with Gasteiger partial charge in [-0.15, -0.1) is 0 Å². The molecule has 1 aromatic rings. The fraction of sp³-hybridized carbons (Fsp3) is 0.467. The Balaban J connectivity index is 2.03. The smallest absolute Gasteiger partial charge is 0.308 e. The van der Waals surface area contributed by atoms with E-state index in [0.717, 1.165) is 0 Å². The first-order chi connectivity index (χ1) is 10.1. The maximum atomic E-state index is 12.4. The number of rotatable bonds is 3. The monoisotopic (exact) mass is 293 g/mol. The molecular weight excluding hydrogens is 274 g/mol. The van der Waals surface area contributed by atoms with Crippen LogP contribution >= 0.6 is 0 Å². The summed E-state index contributed by atoms with van der Waals surface area (Å²) < 4.78 is 9.71. The first kappa shape index (κ1) is 15.2. The molecule has 0 saturated carbocycles. The van der Waals surface area contributed by atoms with E-state index in [1.165, 1.54) is 20.3 Å². The van der Waals surface area contributed by atoms with E-state index in [1.54, 1.807) is 17.0 Å². The van der Waals surface area contributed by atoms with E-state index in [1.807, 2.05) is 0 Å². The van der Waals surface area contributed by atoms with Gasteiger partial charge in [0.1, 0.15) is 11.5 Å². The van der Waals surface area contributed by atoms with Crippen molar-refractivity contribution in [2.24, 2.45) is 5.92 Å². The van der Waals surface area contributed by atoms with Crippen LogP contribution in [-0.2, 0) is 9.53 Å². The minimum Gasteiger partial charge on any atom is -0.507 e. The molecule has 0 spiro atoms. The van der Waals surface area contributed by atoms with Crippen molar-refractivity contribution in [2.75, 3.05) is 27.3 Å². The van der Waals surface area contributed by atoms with Crippen molar-refractivity contribution in [2.45, 2.75) is 12.8 Å². The fourth-order valence-corrected chi connectivity index (χ4v) is 2.47. The summed E-state index contributed by atoms with van der Waals surface area (Å²) in [7, 11) is 2.86. The van der Waals surface area contributed by atoms with Crippen LogP contribution in [0.1, 0.15) is 23.2 Å². The molecule has 1 fully saturated rings. The summed E-state index contributed by atoms with van der Waals surface area (Å²) in [5, 5.41) is 9.90. The minimum absolute atomic E-state index is 0.102. The van der Waals surface area contributed by atoms with E-state index in [-0.39, 0.29) is 29.1 Å². The summed E-state index contributed by atoms with van der Waals surface area (Å²) in [6.07, 6.45) is 1.16. The van der Waals surface area contributed by atoms with Crippen molar-refractivity contribution >= 4 is 11.9 Å². The molecule has 6 nitrogen and oxygen atoms in total. The number of hydrogen-bond donors (Lipinski definition) is 1. The van der Waals surface area contributed by atoms with Gasteiger partial charge < -0.3 is 19.5 Å². The van der Waals surface area contributed by atoms with Gasteiger partial charge in [-0.05, 0) is 25.0 Å². The molecule has 0 radical (unpaired) electrons. The maximum absolute atomic E-state index is 12.4. The SMILES string of the molecule is COC(=O)C1CCN(C(=O)c2ccc(OC)cc2O)CC1. The van der Waals surface area contributed by atoms with Crippen molar-refractivity contribution < 1.29 is 24.2 Å². The second-order valence-electron chi connectivity index (χ2n) is 4.97. The summed E-state index contributed by atoms with van der Waals surface area (Å²) in [5.74, 6) is -0.223. The van der Waals surface area contributed by atoms with Gasteiger partial charge in [0.05, 0.1) is 25.7 Å². The number of carbonyl (C=O) groups is 2. The molecule has 0 atom stereocenters. The molecule has 0 aliphatic carbocycles. The molecule has 21 heavy (non-hydrogen) atoms. The number of methoxy groups -OCH3 is 2. The molecule has 0 unspecified atom stereocenters. The number of aromatic hydroxyl groups is 1. The van der Waals surface area contributed by atoms with E-state index in [4.69, 9.17) is 9.47 Å². The normalized spacial score (nSPS) is 15.6. The Bertz CT molecular complexity index is 535. The zero-order valence-corrected chi connectivity index (χ0v) is 12.2. The summed E-state index contributed by atoms with van der Waals surface area (Å²) in [6.45, 7) is 0.953. The molecule has 1 aliphatic heterocycles. The van der Waals surface area contributed by atoms with Crippen LogP contribution in [0.5, 0.6) is 11.5 Å². The number of benzene rings is 1. The first-order valence-electron chi connectivity index (χ1n) is 6.81. The molecule has 0 aromatic heterocycles. The molecule has 2 rings (SSSR count). The molecule has 1 saturated heterocycles. The highest BCUT2D eigenvalue weighted by Gasteiger charge is 2.29. The van der Waals surface area contributed by atoms with Gasteiger partial charge in [0, 0.05) is 19.2 Å². The molecule has 1 aliphatic rings. The summed E-state index contributed by atoms with van der Waals surface area (Å²) in [6, 6.07) is 4.59. The third-order valence-electron chi connectivity index (χ3n) is 3.75. The molecule has 1 N–H and O–H groups in total. The molecule has 1 amide bonds. The van der Waals surface area contributed by atoms with Crippen molar-refractivity contribution in [3.8, 4) is 11.5 Å². The lowest BCUT2D eigenvalue weighted by atomic mass is 9.96. The first-order valence-corrected chi connectivity index (χ1v) is 6.81. The van der Waals surface area contributed by atoms with E-state index in [0.29, 0.717) is 31.7 Å². The summed E-state index contributed by atoms with van der Waals surface area (Å²) >= 11 is 0. The van der Waals surface area contributed by atoms with Crippen molar-refractivity contribution in [3.05, 3.63) is 23.8 Å². The molecule has 6 heteroatoms. The van der Waals surface area contributed by atoms with Gasteiger partial charge in [0.15, 0.2) is 0 Å². The highest BCUT2D eigenvalue weighted by Crippen LogP contribution is 2.26. The number of carbonyl (C=O) groups excluding carboxylic acids is 2. The second-order valence-corrected chi connectivity index (χ2v) is 4.97. The number of nitrogens with zero attached hydrogens (tertiary/aromatic N) is 1. The number of ether oxygens (including phenoxy) is 2. The van der Waals surface area contributed by atoms with Crippen molar-refractivity contribution in [3.63, 3.8) is 0 Å². The Morgan fingerprint density at radius 2 is 1.90 bits per heavy atom. The third-order valence-corrected chi connectivity index (χ3v) is 3.75. The average Bonchev–Trinajstić information content (AvgIpc) is 2.53. The Hall–Kier alpha value is -2.24. The lowest BCUT2D eigenvalue weighted by Gasteiger charge is -2.30. The highest BCUT2D eigenvalue weighted by molar-refractivity contribution is 5.97. The zero-order valence-electron chi connectivity index (χ0n) is 12.2. The molecule has 1 aromatic carbocycles.